The molecule has 0 aliphatic carbocycles. The van der Waals surface area contributed by atoms with Gasteiger partial charge in [-0.15, -0.1) is 0 Å². The van der Waals surface area contributed by atoms with Crippen LogP contribution in [0.4, 0.5) is 5.13 Å². The van der Waals surface area contributed by atoms with Crippen LogP contribution in [-0.2, 0) is 11.2 Å². The van der Waals surface area contributed by atoms with Crippen molar-refractivity contribution in [1.29, 1.82) is 0 Å². The van der Waals surface area contributed by atoms with Gasteiger partial charge in [0.15, 0.2) is 5.13 Å². The first-order chi connectivity index (χ1) is 13.5. The smallest absolute Gasteiger partial charge is 0.227 e. The van der Waals surface area contributed by atoms with Gasteiger partial charge in [0.1, 0.15) is 5.52 Å². The van der Waals surface area contributed by atoms with E-state index in [4.69, 9.17) is 16.6 Å². The zero-order valence-electron chi connectivity index (χ0n) is 16.2. The quantitative estimate of drug-likeness (QED) is 0.606. The third-order valence-electron chi connectivity index (χ3n) is 5.26. The van der Waals surface area contributed by atoms with E-state index >= 15 is 0 Å². The van der Waals surface area contributed by atoms with Gasteiger partial charge < -0.3 is 9.80 Å². The Morgan fingerprint density at radius 2 is 1.82 bits per heavy atom. The molecule has 0 saturated carbocycles. The van der Waals surface area contributed by atoms with Crippen LogP contribution in [0.5, 0.6) is 0 Å². The lowest BCUT2D eigenvalue weighted by atomic mass is 10.0. The predicted octanol–water partition coefficient (Wildman–Crippen LogP) is 4.96. The number of fused-ring (bicyclic) bond motifs is 1. The Bertz CT molecular complexity index is 975. The van der Waals surface area contributed by atoms with E-state index in [0.717, 1.165) is 47.1 Å². The van der Waals surface area contributed by atoms with Crippen LogP contribution in [0.3, 0.4) is 0 Å². The lowest BCUT2D eigenvalue weighted by Gasteiger charge is -2.34. The Labute approximate surface area is 174 Å². The molecule has 0 bridgehead atoms. The summed E-state index contributed by atoms with van der Waals surface area (Å²) in [5.41, 5.74) is 3.26. The Hall–Kier alpha value is -2.11. The average molecular weight is 414 g/mol. The second kappa shape index (κ2) is 8.10. The van der Waals surface area contributed by atoms with Crippen molar-refractivity contribution in [3.63, 3.8) is 0 Å². The topological polar surface area (TPSA) is 36.4 Å². The highest BCUT2D eigenvalue weighted by Gasteiger charge is 2.23. The molecule has 2 heterocycles. The van der Waals surface area contributed by atoms with Gasteiger partial charge in [-0.25, -0.2) is 4.98 Å². The first-order valence-electron chi connectivity index (χ1n) is 9.68. The monoisotopic (exact) mass is 413 g/mol. The molecule has 2 aromatic carbocycles. The summed E-state index contributed by atoms with van der Waals surface area (Å²) < 4.78 is 1.10. The molecule has 1 amide bonds. The number of hydrogen-bond donors (Lipinski definition) is 0. The molecule has 6 heteroatoms. The van der Waals surface area contributed by atoms with Gasteiger partial charge in [0.25, 0.3) is 0 Å². The number of carbonyl (C=O) groups excluding carboxylic acids is 1. The molecule has 0 radical (unpaired) electrons. The number of aromatic nitrogens is 1. The molecule has 0 N–H and O–H groups in total. The highest BCUT2D eigenvalue weighted by Crippen LogP contribution is 2.33. The predicted molar refractivity (Wildman–Crippen MR) is 118 cm³/mol. The van der Waals surface area contributed by atoms with Crippen molar-refractivity contribution in [2.45, 2.75) is 26.2 Å². The van der Waals surface area contributed by atoms with Crippen molar-refractivity contribution in [2.24, 2.45) is 0 Å². The Kier molecular flexibility index (Phi) is 5.56. The summed E-state index contributed by atoms with van der Waals surface area (Å²) in [7, 11) is 0. The van der Waals surface area contributed by atoms with E-state index in [-0.39, 0.29) is 5.91 Å². The first-order valence-corrected chi connectivity index (χ1v) is 10.9. The summed E-state index contributed by atoms with van der Waals surface area (Å²) in [6, 6.07) is 14.3. The number of para-hydroxylation sites is 1. The molecule has 1 saturated heterocycles. The lowest BCUT2D eigenvalue weighted by molar-refractivity contribution is -0.130. The molecular formula is C22H24ClN3OS. The van der Waals surface area contributed by atoms with Crippen LogP contribution < -0.4 is 4.90 Å². The average Bonchev–Trinajstić information content (AvgIpc) is 3.14. The third kappa shape index (κ3) is 4.01. The van der Waals surface area contributed by atoms with Gasteiger partial charge in [-0.1, -0.05) is 67.1 Å². The minimum atomic E-state index is 0.198. The van der Waals surface area contributed by atoms with Crippen LogP contribution in [0.15, 0.2) is 42.5 Å². The Morgan fingerprint density at radius 3 is 2.46 bits per heavy atom. The van der Waals surface area contributed by atoms with Gasteiger partial charge in [0.05, 0.1) is 16.1 Å². The normalized spacial score (nSPS) is 14.9. The van der Waals surface area contributed by atoms with Crippen LogP contribution in [0.1, 0.15) is 30.9 Å². The van der Waals surface area contributed by atoms with Gasteiger partial charge >= 0.3 is 0 Å². The third-order valence-corrected chi connectivity index (χ3v) is 6.65. The van der Waals surface area contributed by atoms with Crippen molar-refractivity contribution in [2.75, 3.05) is 31.1 Å². The van der Waals surface area contributed by atoms with Crippen LogP contribution in [-0.4, -0.2) is 42.0 Å². The van der Waals surface area contributed by atoms with E-state index in [0.29, 0.717) is 17.4 Å². The summed E-state index contributed by atoms with van der Waals surface area (Å²) in [6.07, 6.45) is 0.467. The van der Waals surface area contributed by atoms with E-state index < -0.39 is 0 Å². The number of nitrogens with zero attached hydrogens (tertiary/aromatic N) is 3. The summed E-state index contributed by atoms with van der Waals surface area (Å²) >= 11 is 7.91. The van der Waals surface area contributed by atoms with E-state index in [1.807, 2.05) is 23.1 Å². The molecule has 4 rings (SSSR count). The van der Waals surface area contributed by atoms with Gasteiger partial charge in [-0.05, 0) is 29.2 Å². The Morgan fingerprint density at radius 1 is 1.11 bits per heavy atom. The summed E-state index contributed by atoms with van der Waals surface area (Å²) in [6.45, 7) is 7.42. The molecule has 1 fully saturated rings. The maximum Gasteiger partial charge on any atom is 0.227 e. The maximum absolute atomic E-state index is 12.7. The second-order valence-electron chi connectivity index (χ2n) is 7.52. The van der Waals surface area contributed by atoms with Gasteiger partial charge in [0.2, 0.25) is 5.91 Å². The molecule has 1 aliphatic rings. The summed E-state index contributed by atoms with van der Waals surface area (Å²) in [5, 5.41) is 1.68. The number of carbonyl (C=O) groups is 1. The van der Waals surface area contributed by atoms with Crippen molar-refractivity contribution < 1.29 is 4.79 Å². The number of thiazole rings is 1. The zero-order chi connectivity index (χ0) is 19.7. The fourth-order valence-electron chi connectivity index (χ4n) is 3.49. The molecule has 1 aliphatic heterocycles. The molecule has 0 atom stereocenters. The molecule has 4 nitrogen and oxygen atoms in total. The standard InChI is InChI=1S/C22H24ClN3OS/c1-15(2)17-8-6-16(7-9-17)14-20(27)25-10-12-26(13-11-25)22-24-21-18(23)4-3-5-19(21)28-22/h3-9,15H,10-14H2,1-2H3. The lowest BCUT2D eigenvalue weighted by Crippen LogP contribution is -2.49. The van der Waals surface area contributed by atoms with E-state index in [1.165, 1.54) is 5.56 Å². The fraction of sp³-hybridized carbons (Fsp3) is 0.364. The number of halogens is 1. The highest BCUT2D eigenvalue weighted by molar-refractivity contribution is 7.22. The summed E-state index contributed by atoms with van der Waals surface area (Å²) in [4.78, 5) is 21.6. The number of hydrogen-bond acceptors (Lipinski definition) is 4. The minimum absolute atomic E-state index is 0.198. The second-order valence-corrected chi connectivity index (χ2v) is 8.94. The number of amides is 1. The van der Waals surface area contributed by atoms with Crippen LogP contribution >= 0.6 is 22.9 Å². The number of rotatable bonds is 4. The van der Waals surface area contributed by atoms with Crippen molar-refractivity contribution in [3.8, 4) is 0 Å². The molecule has 0 unspecified atom stereocenters. The fourth-order valence-corrected chi connectivity index (χ4v) is 4.81. The molecule has 0 spiro atoms. The number of piperazine rings is 1. The van der Waals surface area contributed by atoms with E-state index in [2.05, 4.69) is 43.0 Å². The van der Waals surface area contributed by atoms with Crippen LogP contribution in [0.25, 0.3) is 10.2 Å². The van der Waals surface area contributed by atoms with Gasteiger partial charge in [0, 0.05) is 26.2 Å². The molecule has 1 aromatic heterocycles. The molecule has 28 heavy (non-hydrogen) atoms. The zero-order valence-corrected chi connectivity index (χ0v) is 17.8. The van der Waals surface area contributed by atoms with Gasteiger partial charge in [-0.2, -0.15) is 0 Å². The maximum atomic E-state index is 12.7. The molecule has 3 aromatic rings. The Balaban J connectivity index is 1.36. The van der Waals surface area contributed by atoms with E-state index in [1.54, 1.807) is 11.3 Å². The summed E-state index contributed by atoms with van der Waals surface area (Å²) in [5.74, 6) is 0.708. The number of anilines is 1. The molecule has 146 valence electrons. The largest absolute Gasteiger partial charge is 0.345 e. The molecular weight excluding hydrogens is 390 g/mol. The van der Waals surface area contributed by atoms with Gasteiger partial charge in [-0.3, -0.25) is 4.79 Å². The van der Waals surface area contributed by atoms with Crippen molar-refractivity contribution >= 4 is 44.2 Å². The van der Waals surface area contributed by atoms with Crippen molar-refractivity contribution in [1.82, 2.24) is 9.88 Å². The number of benzene rings is 2. The van der Waals surface area contributed by atoms with Crippen LogP contribution in [0.2, 0.25) is 5.02 Å². The minimum Gasteiger partial charge on any atom is -0.345 e. The highest BCUT2D eigenvalue weighted by atomic mass is 35.5. The first kappa shape index (κ1) is 19.2. The van der Waals surface area contributed by atoms with Crippen LogP contribution in [0, 0.1) is 0 Å². The SMILES string of the molecule is CC(C)c1ccc(CC(=O)N2CCN(c3nc4c(Cl)cccc4s3)CC2)cc1. The van der Waals surface area contributed by atoms with E-state index in [9.17, 15) is 4.79 Å². The van der Waals surface area contributed by atoms with Crippen molar-refractivity contribution in [3.05, 3.63) is 58.6 Å².